The van der Waals surface area contributed by atoms with Crippen molar-refractivity contribution in [1.29, 1.82) is 0 Å². The van der Waals surface area contributed by atoms with E-state index in [1.54, 1.807) is 30.4 Å². The molecule has 0 N–H and O–H groups in total. The van der Waals surface area contributed by atoms with Crippen molar-refractivity contribution in [2.75, 3.05) is 6.61 Å². The number of aryl methyl sites for hydroxylation is 1. The summed E-state index contributed by atoms with van der Waals surface area (Å²) in [5.74, 6) is -1.90. The monoisotopic (exact) mass is 378 g/mol. The van der Waals surface area contributed by atoms with E-state index >= 15 is 0 Å². The van der Waals surface area contributed by atoms with Crippen molar-refractivity contribution in [3.63, 3.8) is 0 Å². The lowest BCUT2D eigenvalue weighted by Crippen LogP contribution is -1.99. The molecule has 0 bridgehead atoms. The van der Waals surface area contributed by atoms with E-state index in [0.717, 1.165) is 24.0 Å². The van der Waals surface area contributed by atoms with Crippen LogP contribution >= 0.6 is 0 Å². The van der Waals surface area contributed by atoms with Crippen molar-refractivity contribution in [1.82, 2.24) is 0 Å². The minimum absolute atomic E-state index is 0.0682. The quantitative estimate of drug-likeness (QED) is 0.393. The van der Waals surface area contributed by atoms with Crippen LogP contribution in [0, 0.1) is 11.6 Å². The van der Waals surface area contributed by atoms with Gasteiger partial charge in [0.25, 0.3) is 0 Å². The number of allylic oxidation sites excluding steroid dienone is 3. The zero-order valence-corrected chi connectivity index (χ0v) is 16.2. The molecule has 1 nitrogen and oxygen atoms in total. The third-order valence-corrected chi connectivity index (χ3v) is 4.68. The van der Waals surface area contributed by atoms with Gasteiger partial charge in [0.15, 0.2) is 11.6 Å². The lowest BCUT2D eigenvalue weighted by molar-refractivity contribution is 0.334. The van der Waals surface area contributed by atoms with Crippen LogP contribution in [0.15, 0.2) is 72.8 Å². The normalized spacial score (nSPS) is 11.7. The van der Waals surface area contributed by atoms with E-state index in [0.29, 0.717) is 5.39 Å². The molecular weight excluding hydrogens is 354 g/mol. The summed E-state index contributed by atoms with van der Waals surface area (Å²) >= 11 is 0. The van der Waals surface area contributed by atoms with Crippen LogP contribution in [-0.4, -0.2) is 6.61 Å². The van der Waals surface area contributed by atoms with E-state index in [1.807, 2.05) is 38.1 Å². The number of fused-ring (bicyclic) bond motifs is 1. The number of hydrogen-bond donors (Lipinski definition) is 0. The highest BCUT2D eigenvalue weighted by atomic mass is 19.2. The number of ether oxygens (including phenoxy) is 1. The summed E-state index contributed by atoms with van der Waals surface area (Å²) in [6.07, 6.45) is 9.73. The first-order valence-electron chi connectivity index (χ1n) is 9.50. The van der Waals surface area contributed by atoms with Crippen molar-refractivity contribution in [2.45, 2.75) is 26.7 Å². The summed E-state index contributed by atoms with van der Waals surface area (Å²) in [6, 6.07) is 15.2. The minimum atomic E-state index is -0.950. The van der Waals surface area contributed by atoms with E-state index in [1.165, 1.54) is 5.56 Å². The Labute approximate surface area is 165 Å². The average molecular weight is 378 g/mol. The minimum Gasteiger partial charge on any atom is -0.486 e. The van der Waals surface area contributed by atoms with Gasteiger partial charge in [-0.2, -0.15) is 4.39 Å². The molecule has 3 heteroatoms. The van der Waals surface area contributed by atoms with Crippen molar-refractivity contribution >= 4 is 10.8 Å². The smallest absolute Gasteiger partial charge is 0.201 e. The molecule has 0 atom stereocenters. The molecule has 0 fully saturated rings. The average Bonchev–Trinajstić information content (AvgIpc) is 2.72. The third-order valence-electron chi connectivity index (χ3n) is 4.68. The van der Waals surface area contributed by atoms with E-state index in [4.69, 9.17) is 4.74 Å². The summed E-state index contributed by atoms with van der Waals surface area (Å²) in [7, 11) is 0. The van der Waals surface area contributed by atoms with Gasteiger partial charge < -0.3 is 4.74 Å². The van der Waals surface area contributed by atoms with E-state index in [-0.39, 0.29) is 17.7 Å². The molecular formula is C25H24F2O. The molecule has 0 aromatic heterocycles. The Morgan fingerprint density at radius 1 is 0.821 bits per heavy atom. The molecule has 28 heavy (non-hydrogen) atoms. The molecule has 3 aromatic rings. The van der Waals surface area contributed by atoms with Gasteiger partial charge in [-0.15, -0.1) is 0 Å². The lowest BCUT2D eigenvalue weighted by Gasteiger charge is -2.10. The van der Waals surface area contributed by atoms with Crippen LogP contribution in [-0.2, 0) is 6.42 Å². The molecule has 0 unspecified atom stereocenters. The summed E-state index contributed by atoms with van der Waals surface area (Å²) in [5.41, 5.74) is 3.08. The standard InChI is InChI=1S/C25H24F2O/c1-3-5-7-8-18-9-11-19(12-10-18)20-13-14-21-17-23(28-15-6-4-2)25(27)24(26)22(21)16-20/h3-6,9-14,16-17H,7-8,15H2,1-2H3/b5-3+,6-4?. The van der Waals surface area contributed by atoms with Gasteiger partial charge >= 0.3 is 0 Å². The summed E-state index contributed by atoms with van der Waals surface area (Å²) in [5, 5.41) is 0.867. The van der Waals surface area contributed by atoms with Gasteiger partial charge in [0.05, 0.1) is 0 Å². The first-order chi connectivity index (χ1) is 13.6. The Hall–Kier alpha value is -2.94. The van der Waals surface area contributed by atoms with Crippen LogP contribution in [0.1, 0.15) is 25.8 Å². The number of halogens is 2. The van der Waals surface area contributed by atoms with Crippen LogP contribution in [0.3, 0.4) is 0 Å². The van der Waals surface area contributed by atoms with E-state index in [9.17, 15) is 8.78 Å². The maximum Gasteiger partial charge on any atom is 0.201 e. The zero-order valence-electron chi connectivity index (χ0n) is 16.2. The van der Waals surface area contributed by atoms with Gasteiger partial charge in [-0.25, -0.2) is 4.39 Å². The summed E-state index contributed by atoms with van der Waals surface area (Å²) in [6.45, 7) is 4.07. The molecule has 0 radical (unpaired) electrons. The van der Waals surface area contributed by atoms with Gasteiger partial charge in [0.2, 0.25) is 5.82 Å². The number of benzene rings is 3. The Morgan fingerprint density at radius 3 is 2.25 bits per heavy atom. The number of rotatable bonds is 7. The van der Waals surface area contributed by atoms with Gasteiger partial charge in [0, 0.05) is 5.39 Å². The lowest BCUT2D eigenvalue weighted by atomic mass is 9.99. The fourth-order valence-corrected chi connectivity index (χ4v) is 3.10. The maximum atomic E-state index is 14.6. The Bertz CT molecular complexity index is 1000. The van der Waals surface area contributed by atoms with Gasteiger partial charge in [-0.05, 0) is 60.9 Å². The topological polar surface area (TPSA) is 9.23 Å². The van der Waals surface area contributed by atoms with Crippen molar-refractivity contribution in [3.05, 3.63) is 90.0 Å². The van der Waals surface area contributed by atoms with Gasteiger partial charge in [-0.1, -0.05) is 60.7 Å². The van der Waals surface area contributed by atoms with E-state index in [2.05, 4.69) is 18.2 Å². The fourth-order valence-electron chi connectivity index (χ4n) is 3.10. The largest absolute Gasteiger partial charge is 0.486 e. The SMILES string of the molecule is CC=CCOc1cc2ccc(-c3ccc(CC/C=C/C)cc3)cc2c(F)c1F. The molecule has 0 aliphatic carbocycles. The highest BCUT2D eigenvalue weighted by Gasteiger charge is 2.15. The molecule has 0 aliphatic heterocycles. The molecule has 0 aliphatic rings. The van der Waals surface area contributed by atoms with Crippen LogP contribution < -0.4 is 4.74 Å². The molecule has 0 amide bonds. The fraction of sp³-hybridized carbons (Fsp3) is 0.200. The van der Waals surface area contributed by atoms with Crippen molar-refractivity contribution in [2.24, 2.45) is 0 Å². The third kappa shape index (κ3) is 4.48. The molecule has 144 valence electrons. The second kappa shape index (κ2) is 9.32. The van der Waals surface area contributed by atoms with Crippen molar-refractivity contribution in [3.8, 4) is 16.9 Å². The maximum absolute atomic E-state index is 14.6. The molecule has 0 spiro atoms. The molecule has 0 heterocycles. The number of hydrogen-bond acceptors (Lipinski definition) is 1. The van der Waals surface area contributed by atoms with Crippen LogP contribution in [0.25, 0.3) is 21.9 Å². The van der Waals surface area contributed by atoms with Crippen LogP contribution in [0.5, 0.6) is 5.75 Å². The first-order valence-corrected chi connectivity index (χ1v) is 9.50. The summed E-state index contributed by atoms with van der Waals surface area (Å²) in [4.78, 5) is 0. The highest BCUT2D eigenvalue weighted by Crippen LogP contribution is 2.32. The van der Waals surface area contributed by atoms with Gasteiger partial charge in [0.1, 0.15) is 6.61 Å². The summed E-state index contributed by atoms with van der Waals surface area (Å²) < 4.78 is 34.3. The Kier molecular flexibility index (Phi) is 6.59. The second-order valence-electron chi connectivity index (χ2n) is 6.62. The predicted octanol–water partition coefficient (Wildman–Crippen LogP) is 7.25. The molecule has 3 aromatic carbocycles. The van der Waals surface area contributed by atoms with Crippen LogP contribution in [0.2, 0.25) is 0 Å². The molecule has 3 rings (SSSR count). The van der Waals surface area contributed by atoms with Crippen LogP contribution in [0.4, 0.5) is 8.78 Å². The Balaban J connectivity index is 1.89. The highest BCUT2D eigenvalue weighted by molar-refractivity contribution is 5.89. The van der Waals surface area contributed by atoms with Gasteiger partial charge in [-0.3, -0.25) is 0 Å². The van der Waals surface area contributed by atoms with Crippen molar-refractivity contribution < 1.29 is 13.5 Å². The molecule has 0 saturated heterocycles. The second-order valence-corrected chi connectivity index (χ2v) is 6.62. The molecule has 0 saturated carbocycles. The van der Waals surface area contributed by atoms with E-state index < -0.39 is 11.6 Å². The zero-order chi connectivity index (χ0) is 19.9. The first kappa shape index (κ1) is 19.8. The predicted molar refractivity (Wildman–Crippen MR) is 113 cm³/mol. The Morgan fingerprint density at radius 2 is 1.54 bits per heavy atom.